The van der Waals surface area contributed by atoms with Crippen LogP contribution in [0.3, 0.4) is 0 Å². The molecule has 1 nitrogen and oxygen atoms in total. The average Bonchev–Trinajstić information content (AvgIpc) is 2.35. The Morgan fingerprint density at radius 3 is 2.17 bits per heavy atom. The minimum atomic E-state index is -0.570. The summed E-state index contributed by atoms with van der Waals surface area (Å²) in [5.41, 5.74) is 1.14. The van der Waals surface area contributed by atoms with Gasteiger partial charge in [-0.05, 0) is 48.5 Å². The monoisotopic (exact) mass is 251 g/mol. The van der Waals surface area contributed by atoms with Crippen molar-refractivity contribution in [3.8, 4) is 11.1 Å². The highest BCUT2D eigenvalue weighted by Gasteiger charge is 2.11. The van der Waals surface area contributed by atoms with Crippen molar-refractivity contribution in [2.45, 2.75) is 6.54 Å². The highest BCUT2D eigenvalue weighted by molar-refractivity contribution is 5.68. The normalized spacial score (nSPS) is 10.7. The molecule has 0 amide bonds. The van der Waals surface area contributed by atoms with Gasteiger partial charge in [0, 0.05) is 12.1 Å². The van der Waals surface area contributed by atoms with Gasteiger partial charge in [0.15, 0.2) is 0 Å². The fourth-order valence-electron chi connectivity index (χ4n) is 1.85. The van der Waals surface area contributed by atoms with E-state index in [4.69, 9.17) is 0 Å². The molecule has 0 aromatic heterocycles. The summed E-state index contributed by atoms with van der Waals surface area (Å²) in [5, 5.41) is 2.91. The number of hydrogen-bond donors (Lipinski definition) is 1. The van der Waals surface area contributed by atoms with E-state index in [1.807, 2.05) is 0 Å². The van der Waals surface area contributed by atoms with Gasteiger partial charge in [-0.2, -0.15) is 0 Å². The van der Waals surface area contributed by atoms with E-state index in [9.17, 15) is 13.2 Å². The highest BCUT2D eigenvalue weighted by Crippen LogP contribution is 2.28. The van der Waals surface area contributed by atoms with Gasteiger partial charge < -0.3 is 5.32 Å². The number of nitrogens with one attached hydrogen (secondary N) is 1. The summed E-state index contributed by atoms with van der Waals surface area (Å²) in [6, 6.07) is 7.22. The molecule has 0 saturated heterocycles. The van der Waals surface area contributed by atoms with Crippen molar-refractivity contribution in [3.05, 3.63) is 59.4 Å². The predicted molar refractivity (Wildman–Crippen MR) is 64.5 cm³/mol. The molecule has 0 aliphatic carbocycles. The summed E-state index contributed by atoms with van der Waals surface area (Å²) in [6.45, 7) is 0.450. The van der Waals surface area contributed by atoms with E-state index in [2.05, 4.69) is 5.32 Å². The maximum atomic E-state index is 13.7. The van der Waals surface area contributed by atoms with E-state index < -0.39 is 17.5 Å². The van der Waals surface area contributed by atoms with E-state index in [-0.39, 0.29) is 5.56 Å². The summed E-state index contributed by atoms with van der Waals surface area (Å²) in [6.07, 6.45) is 0. The van der Waals surface area contributed by atoms with Crippen molar-refractivity contribution in [1.29, 1.82) is 0 Å². The first-order valence-electron chi connectivity index (χ1n) is 5.50. The fraction of sp³-hybridized carbons (Fsp3) is 0.143. The quantitative estimate of drug-likeness (QED) is 0.880. The lowest BCUT2D eigenvalue weighted by atomic mass is 9.99. The molecule has 2 rings (SSSR count). The molecule has 94 valence electrons. The van der Waals surface area contributed by atoms with Gasteiger partial charge in [-0.1, -0.05) is 6.07 Å². The van der Waals surface area contributed by atoms with Crippen LogP contribution < -0.4 is 5.32 Å². The van der Waals surface area contributed by atoms with Gasteiger partial charge in [0.2, 0.25) is 0 Å². The van der Waals surface area contributed by atoms with Crippen molar-refractivity contribution < 1.29 is 13.2 Å². The second kappa shape index (κ2) is 5.23. The average molecular weight is 251 g/mol. The summed E-state index contributed by atoms with van der Waals surface area (Å²) in [4.78, 5) is 0. The van der Waals surface area contributed by atoms with E-state index in [1.54, 1.807) is 13.1 Å². The molecule has 0 bridgehead atoms. The minimum absolute atomic E-state index is 0.0692. The smallest absolute Gasteiger partial charge is 0.131 e. The van der Waals surface area contributed by atoms with Gasteiger partial charge in [0.05, 0.1) is 0 Å². The van der Waals surface area contributed by atoms with Crippen molar-refractivity contribution >= 4 is 0 Å². The van der Waals surface area contributed by atoms with Crippen LogP contribution in [0.25, 0.3) is 11.1 Å². The molecule has 0 saturated carbocycles. The van der Waals surface area contributed by atoms with E-state index in [0.29, 0.717) is 17.7 Å². The van der Waals surface area contributed by atoms with Crippen molar-refractivity contribution in [3.63, 3.8) is 0 Å². The van der Waals surface area contributed by atoms with Crippen LogP contribution in [0, 0.1) is 17.5 Å². The molecule has 1 N–H and O–H groups in total. The Balaban J connectivity index is 2.61. The first-order chi connectivity index (χ1) is 8.61. The predicted octanol–water partition coefficient (Wildman–Crippen LogP) is 3.49. The molecule has 0 spiro atoms. The zero-order valence-corrected chi connectivity index (χ0v) is 9.81. The minimum Gasteiger partial charge on any atom is -0.316 e. The summed E-state index contributed by atoms with van der Waals surface area (Å²) >= 11 is 0. The molecule has 2 aromatic carbocycles. The third-order valence-electron chi connectivity index (χ3n) is 2.66. The zero-order chi connectivity index (χ0) is 13.1. The second-order valence-corrected chi connectivity index (χ2v) is 3.96. The van der Waals surface area contributed by atoms with Crippen LogP contribution in [-0.2, 0) is 6.54 Å². The molecule has 0 radical (unpaired) electrons. The van der Waals surface area contributed by atoms with E-state index in [0.717, 1.165) is 18.2 Å². The van der Waals surface area contributed by atoms with E-state index in [1.165, 1.54) is 12.1 Å². The molecule has 18 heavy (non-hydrogen) atoms. The molecule has 0 heterocycles. The van der Waals surface area contributed by atoms with Gasteiger partial charge >= 0.3 is 0 Å². The molecule has 0 aliphatic rings. The van der Waals surface area contributed by atoms with Crippen molar-refractivity contribution in [2.24, 2.45) is 0 Å². The van der Waals surface area contributed by atoms with Gasteiger partial charge in [-0.25, -0.2) is 13.2 Å². The molecule has 0 atom stereocenters. The first-order valence-corrected chi connectivity index (χ1v) is 5.50. The topological polar surface area (TPSA) is 12.0 Å². The largest absolute Gasteiger partial charge is 0.316 e. The molecule has 2 aromatic rings. The van der Waals surface area contributed by atoms with Gasteiger partial charge in [0.25, 0.3) is 0 Å². The molecular formula is C14H12F3N. The molecule has 0 aliphatic heterocycles. The lowest BCUT2D eigenvalue weighted by Gasteiger charge is -2.10. The standard InChI is InChI=1S/C14H12F3N/c1-18-8-9-2-3-10(15)6-12(9)13-7-11(16)4-5-14(13)17/h2-7,18H,8H2,1H3. The summed E-state index contributed by atoms with van der Waals surface area (Å²) in [7, 11) is 1.73. The zero-order valence-electron chi connectivity index (χ0n) is 9.81. The molecule has 0 unspecified atom stereocenters. The third-order valence-corrected chi connectivity index (χ3v) is 2.66. The Kier molecular flexibility index (Phi) is 3.67. The van der Waals surface area contributed by atoms with Gasteiger partial charge in [-0.3, -0.25) is 0 Å². The third kappa shape index (κ3) is 2.54. The summed E-state index contributed by atoms with van der Waals surface area (Å²) in [5.74, 6) is -1.60. The molecule has 4 heteroatoms. The first kappa shape index (κ1) is 12.6. The lowest BCUT2D eigenvalue weighted by Crippen LogP contribution is -2.07. The van der Waals surface area contributed by atoms with Crippen LogP contribution in [-0.4, -0.2) is 7.05 Å². The van der Waals surface area contributed by atoms with Gasteiger partial charge in [-0.15, -0.1) is 0 Å². The maximum Gasteiger partial charge on any atom is 0.131 e. The summed E-state index contributed by atoms with van der Waals surface area (Å²) < 4.78 is 40.1. The van der Waals surface area contributed by atoms with Crippen LogP contribution >= 0.6 is 0 Å². The highest BCUT2D eigenvalue weighted by atomic mass is 19.1. The van der Waals surface area contributed by atoms with Crippen molar-refractivity contribution in [2.75, 3.05) is 7.05 Å². The lowest BCUT2D eigenvalue weighted by molar-refractivity contribution is 0.602. The van der Waals surface area contributed by atoms with E-state index >= 15 is 0 Å². The Hall–Kier alpha value is -1.81. The van der Waals surface area contributed by atoms with Gasteiger partial charge in [0.1, 0.15) is 17.5 Å². The van der Waals surface area contributed by atoms with Crippen LogP contribution in [0.2, 0.25) is 0 Å². The number of hydrogen-bond acceptors (Lipinski definition) is 1. The SMILES string of the molecule is CNCc1ccc(F)cc1-c1cc(F)ccc1F. The van der Waals surface area contributed by atoms with Crippen LogP contribution in [0.1, 0.15) is 5.56 Å². The Bertz CT molecular complexity index is 567. The van der Waals surface area contributed by atoms with Crippen LogP contribution in [0.4, 0.5) is 13.2 Å². The Labute approximate surface area is 103 Å². The number of halogens is 3. The number of rotatable bonds is 3. The fourth-order valence-corrected chi connectivity index (χ4v) is 1.85. The van der Waals surface area contributed by atoms with Crippen molar-refractivity contribution in [1.82, 2.24) is 5.32 Å². The molecule has 0 fully saturated rings. The maximum absolute atomic E-state index is 13.7. The Morgan fingerprint density at radius 1 is 0.889 bits per heavy atom. The Morgan fingerprint density at radius 2 is 1.50 bits per heavy atom. The number of benzene rings is 2. The van der Waals surface area contributed by atoms with Crippen LogP contribution in [0.15, 0.2) is 36.4 Å². The van der Waals surface area contributed by atoms with Crippen LogP contribution in [0.5, 0.6) is 0 Å². The molecular weight excluding hydrogens is 239 g/mol. The second-order valence-electron chi connectivity index (χ2n) is 3.96.